The summed E-state index contributed by atoms with van der Waals surface area (Å²) in [6.45, 7) is 0. The molecule has 0 unspecified atom stereocenters. The monoisotopic (exact) mass is 563 g/mol. The van der Waals surface area contributed by atoms with Crippen LogP contribution in [0.2, 0.25) is 0 Å². The predicted molar refractivity (Wildman–Crippen MR) is 181 cm³/mol. The summed E-state index contributed by atoms with van der Waals surface area (Å²) in [5, 5.41) is 4.51. The van der Waals surface area contributed by atoms with Crippen LogP contribution in [-0.4, -0.2) is 4.98 Å². The van der Waals surface area contributed by atoms with Gasteiger partial charge in [-0.3, -0.25) is 4.98 Å². The first-order chi connectivity index (χ1) is 21.8. The van der Waals surface area contributed by atoms with Gasteiger partial charge in [-0.25, -0.2) is 0 Å². The Bertz CT molecular complexity index is 2340. The van der Waals surface area contributed by atoms with Gasteiger partial charge in [0.1, 0.15) is 22.3 Å². The molecule has 9 rings (SSSR count). The molecule has 6 aromatic carbocycles. The molecule has 0 aliphatic rings. The number of rotatable bonds is 4. The minimum absolute atomic E-state index is 0.899. The SMILES string of the molecule is c1cc(-c2cccnc2-c2cccc(-c3cccc4c3oc3ccccc34)c2)cc(-c2cccc3c2oc2ccccc23)c1. The highest BCUT2D eigenvalue weighted by Crippen LogP contribution is 2.40. The fraction of sp³-hybridized carbons (Fsp3) is 0. The third-order valence-electron chi connectivity index (χ3n) is 8.55. The predicted octanol–water partition coefficient (Wildman–Crippen LogP) is 11.5. The molecular formula is C41H25NO2. The second-order valence-corrected chi connectivity index (χ2v) is 11.1. The molecule has 0 radical (unpaired) electrons. The van der Waals surface area contributed by atoms with Crippen molar-refractivity contribution in [1.82, 2.24) is 4.98 Å². The zero-order valence-corrected chi connectivity index (χ0v) is 23.7. The smallest absolute Gasteiger partial charge is 0.143 e. The van der Waals surface area contributed by atoms with Crippen LogP contribution in [0.25, 0.3) is 88.5 Å². The van der Waals surface area contributed by atoms with Gasteiger partial charge in [-0.2, -0.15) is 0 Å². The van der Waals surface area contributed by atoms with Crippen molar-refractivity contribution in [3.05, 3.63) is 152 Å². The number of benzene rings is 6. The maximum atomic E-state index is 6.36. The second-order valence-electron chi connectivity index (χ2n) is 11.1. The summed E-state index contributed by atoms with van der Waals surface area (Å²) in [4.78, 5) is 4.90. The molecule has 0 aliphatic carbocycles. The molecule has 3 aromatic heterocycles. The lowest BCUT2D eigenvalue weighted by atomic mass is 9.94. The van der Waals surface area contributed by atoms with Crippen molar-refractivity contribution in [2.24, 2.45) is 0 Å². The Morgan fingerprint density at radius 1 is 0.364 bits per heavy atom. The molecule has 0 aliphatic heterocycles. The number of hydrogen-bond acceptors (Lipinski definition) is 3. The van der Waals surface area contributed by atoms with Gasteiger partial charge in [0, 0.05) is 50.0 Å². The van der Waals surface area contributed by atoms with Crippen molar-refractivity contribution in [2.45, 2.75) is 0 Å². The highest BCUT2D eigenvalue weighted by Gasteiger charge is 2.16. The summed E-state index contributed by atoms with van der Waals surface area (Å²) < 4.78 is 12.7. The molecule has 206 valence electrons. The summed E-state index contributed by atoms with van der Waals surface area (Å²) in [6.07, 6.45) is 1.87. The van der Waals surface area contributed by atoms with Crippen molar-refractivity contribution in [3.63, 3.8) is 0 Å². The first-order valence-electron chi connectivity index (χ1n) is 14.8. The van der Waals surface area contributed by atoms with Crippen LogP contribution in [0, 0.1) is 0 Å². The van der Waals surface area contributed by atoms with Gasteiger partial charge >= 0.3 is 0 Å². The van der Waals surface area contributed by atoms with E-state index >= 15 is 0 Å². The largest absolute Gasteiger partial charge is 0.455 e. The molecule has 0 saturated heterocycles. The van der Waals surface area contributed by atoms with E-state index in [1.165, 1.54) is 0 Å². The Kier molecular flexibility index (Phi) is 5.50. The number of furan rings is 2. The molecule has 0 fully saturated rings. The third kappa shape index (κ3) is 3.87. The van der Waals surface area contributed by atoms with Crippen molar-refractivity contribution in [1.29, 1.82) is 0 Å². The molecule has 0 bridgehead atoms. The van der Waals surface area contributed by atoms with E-state index in [1.807, 2.05) is 36.5 Å². The molecule has 0 saturated carbocycles. The number of pyridine rings is 1. The van der Waals surface area contributed by atoms with Gasteiger partial charge in [0.15, 0.2) is 0 Å². The number of aromatic nitrogens is 1. The van der Waals surface area contributed by atoms with E-state index in [9.17, 15) is 0 Å². The van der Waals surface area contributed by atoms with Crippen LogP contribution < -0.4 is 0 Å². The third-order valence-corrected chi connectivity index (χ3v) is 8.55. The lowest BCUT2D eigenvalue weighted by Gasteiger charge is -2.12. The van der Waals surface area contributed by atoms with Crippen molar-refractivity contribution >= 4 is 43.9 Å². The van der Waals surface area contributed by atoms with E-state index in [2.05, 4.69) is 115 Å². The summed E-state index contributed by atoms with van der Waals surface area (Å²) in [5.41, 5.74) is 12.1. The maximum Gasteiger partial charge on any atom is 0.143 e. The Hall–Kier alpha value is -5.93. The molecule has 0 amide bonds. The van der Waals surface area contributed by atoms with Crippen LogP contribution in [0.1, 0.15) is 0 Å². The summed E-state index contributed by atoms with van der Waals surface area (Å²) in [5.74, 6) is 0. The van der Waals surface area contributed by atoms with Gasteiger partial charge in [0.05, 0.1) is 5.69 Å². The Labute approximate surface area is 253 Å². The summed E-state index contributed by atoms with van der Waals surface area (Å²) in [6, 6.07) is 50.6. The number of nitrogens with zero attached hydrogens (tertiary/aromatic N) is 1. The highest BCUT2D eigenvalue weighted by molar-refractivity contribution is 6.10. The molecule has 3 heteroatoms. The standard InChI is InChI=1S/C41H25NO2/c1-3-21-37-33(14-1)35-18-7-16-31(40(35)43-37)27-11-5-10-26(24-27)30-20-9-23-42-39(30)29-13-6-12-28(25-29)32-17-8-19-36-34-15-2-4-22-38(34)44-41(32)36/h1-25H. The van der Waals surface area contributed by atoms with Crippen molar-refractivity contribution < 1.29 is 8.83 Å². The first kappa shape index (κ1) is 24.6. The fourth-order valence-corrected chi connectivity index (χ4v) is 6.51. The molecule has 44 heavy (non-hydrogen) atoms. The van der Waals surface area contributed by atoms with Gasteiger partial charge < -0.3 is 8.83 Å². The van der Waals surface area contributed by atoms with E-state index in [1.54, 1.807) is 0 Å². The lowest BCUT2D eigenvalue weighted by molar-refractivity contribution is 0.669. The van der Waals surface area contributed by atoms with Crippen LogP contribution in [0.4, 0.5) is 0 Å². The van der Waals surface area contributed by atoms with Crippen molar-refractivity contribution in [2.75, 3.05) is 0 Å². The molecule has 0 N–H and O–H groups in total. The zero-order chi connectivity index (χ0) is 29.0. The second kappa shape index (κ2) is 9.82. The molecule has 0 spiro atoms. The molecule has 0 atom stereocenters. The van der Waals surface area contributed by atoms with Crippen LogP contribution in [0.3, 0.4) is 0 Å². The lowest BCUT2D eigenvalue weighted by Crippen LogP contribution is -1.90. The number of para-hydroxylation sites is 4. The van der Waals surface area contributed by atoms with E-state index in [0.717, 1.165) is 88.5 Å². The molecule has 3 heterocycles. The van der Waals surface area contributed by atoms with Crippen molar-refractivity contribution in [3.8, 4) is 44.6 Å². The van der Waals surface area contributed by atoms with E-state index in [0.29, 0.717) is 0 Å². The van der Waals surface area contributed by atoms with Gasteiger partial charge in [0.25, 0.3) is 0 Å². The van der Waals surface area contributed by atoms with Crippen LogP contribution in [0.15, 0.2) is 161 Å². The Morgan fingerprint density at radius 3 is 1.43 bits per heavy atom. The minimum Gasteiger partial charge on any atom is -0.455 e. The summed E-state index contributed by atoms with van der Waals surface area (Å²) in [7, 11) is 0. The Balaban J connectivity index is 1.16. The van der Waals surface area contributed by atoms with E-state index in [4.69, 9.17) is 13.8 Å². The zero-order valence-electron chi connectivity index (χ0n) is 23.7. The minimum atomic E-state index is 0.899. The molecule has 9 aromatic rings. The first-order valence-corrected chi connectivity index (χ1v) is 14.8. The molecule has 3 nitrogen and oxygen atoms in total. The quantitative estimate of drug-likeness (QED) is 0.214. The number of hydrogen-bond donors (Lipinski definition) is 0. The topological polar surface area (TPSA) is 39.2 Å². The highest BCUT2D eigenvalue weighted by atomic mass is 16.3. The van der Waals surface area contributed by atoms with Gasteiger partial charge in [-0.15, -0.1) is 0 Å². The molecular weight excluding hydrogens is 538 g/mol. The fourth-order valence-electron chi connectivity index (χ4n) is 6.51. The average Bonchev–Trinajstić information content (AvgIpc) is 3.67. The van der Waals surface area contributed by atoms with Gasteiger partial charge in [-0.1, -0.05) is 115 Å². The van der Waals surface area contributed by atoms with E-state index < -0.39 is 0 Å². The van der Waals surface area contributed by atoms with Gasteiger partial charge in [-0.05, 0) is 47.0 Å². The van der Waals surface area contributed by atoms with Crippen LogP contribution in [0.5, 0.6) is 0 Å². The van der Waals surface area contributed by atoms with E-state index in [-0.39, 0.29) is 0 Å². The normalized spacial score (nSPS) is 11.6. The van der Waals surface area contributed by atoms with Gasteiger partial charge in [0.2, 0.25) is 0 Å². The summed E-state index contributed by atoms with van der Waals surface area (Å²) >= 11 is 0. The number of fused-ring (bicyclic) bond motifs is 6. The Morgan fingerprint density at radius 2 is 0.818 bits per heavy atom. The van der Waals surface area contributed by atoms with Crippen LogP contribution >= 0.6 is 0 Å². The van der Waals surface area contributed by atoms with Crippen LogP contribution in [-0.2, 0) is 0 Å². The maximum absolute atomic E-state index is 6.36. The average molecular weight is 564 g/mol.